The second-order valence-corrected chi connectivity index (χ2v) is 5.61. The first-order valence-corrected chi connectivity index (χ1v) is 8.14. The molecule has 1 aromatic carbocycles. The molecule has 0 saturated carbocycles. The molecule has 1 aliphatic rings. The number of aromatic nitrogens is 4. The lowest BCUT2D eigenvalue weighted by molar-refractivity contribution is 0.0981. The molecule has 0 spiro atoms. The van der Waals surface area contributed by atoms with E-state index >= 15 is 0 Å². The van der Waals surface area contributed by atoms with Crippen molar-refractivity contribution in [3.63, 3.8) is 0 Å². The van der Waals surface area contributed by atoms with Crippen LogP contribution in [0.15, 0.2) is 47.4 Å². The summed E-state index contributed by atoms with van der Waals surface area (Å²) in [5.74, 6) is -0.402. The maximum atomic E-state index is 12.3. The highest BCUT2D eigenvalue weighted by atomic mass is 16.5. The highest BCUT2D eigenvalue weighted by molar-refractivity contribution is 6.01. The number of morpholine rings is 1. The Bertz CT molecular complexity index is 875. The topological polar surface area (TPSA) is 106 Å². The van der Waals surface area contributed by atoms with Crippen LogP contribution in [0.1, 0.15) is 10.7 Å². The number of carbonyl (C=O) groups is 1. The van der Waals surface area contributed by atoms with Gasteiger partial charge in [0, 0.05) is 36.9 Å². The number of rotatable bonds is 4. The van der Waals surface area contributed by atoms with Crippen LogP contribution in [0, 0.1) is 0 Å². The molecule has 26 heavy (non-hydrogen) atoms. The third-order valence-corrected chi connectivity index (χ3v) is 3.91. The van der Waals surface area contributed by atoms with E-state index in [-0.39, 0.29) is 11.7 Å². The smallest absolute Gasteiger partial charge is 0.316 e. The van der Waals surface area contributed by atoms with Gasteiger partial charge in [-0.15, -0.1) is 0 Å². The second kappa shape index (κ2) is 7.28. The number of nitrogens with zero attached hydrogens (tertiary/aromatic N) is 5. The van der Waals surface area contributed by atoms with Gasteiger partial charge in [-0.2, -0.15) is 4.98 Å². The first-order valence-electron chi connectivity index (χ1n) is 8.14. The van der Waals surface area contributed by atoms with Crippen LogP contribution in [-0.4, -0.2) is 52.3 Å². The monoisotopic (exact) mass is 352 g/mol. The summed E-state index contributed by atoms with van der Waals surface area (Å²) in [6.45, 7) is 3.17. The summed E-state index contributed by atoms with van der Waals surface area (Å²) in [4.78, 5) is 26.6. The van der Waals surface area contributed by atoms with Crippen molar-refractivity contribution in [1.82, 2.24) is 20.1 Å². The molecule has 1 amide bonds. The van der Waals surface area contributed by atoms with Crippen LogP contribution in [0.4, 0.5) is 11.4 Å². The molecule has 9 nitrogen and oxygen atoms in total. The van der Waals surface area contributed by atoms with Crippen molar-refractivity contribution in [2.24, 2.45) is 0 Å². The number of anilines is 2. The first kappa shape index (κ1) is 16.2. The summed E-state index contributed by atoms with van der Waals surface area (Å²) in [7, 11) is 0. The highest BCUT2D eigenvalue weighted by Gasteiger charge is 2.17. The number of ether oxygens (including phenoxy) is 1. The molecule has 0 unspecified atom stereocenters. The molecular weight excluding hydrogens is 336 g/mol. The minimum atomic E-state index is -0.480. The van der Waals surface area contributed by atoms with Gasteiger partial charge in [0.05, 0.1) is 19.4 Å². The summed E-state index contributed by atoms with van der Waals surface area (Å²) in [6.07, 6.45) is 4.55. The molecule has 9 heteroatoms. The second-order valence-electron chi connectivity index (χ2n) is 5.61. The van der Waals surface area contributed by atoms with Crippen LogP contribution >= 0.6 is 0 Å². The molecule has 4 rings (SSSR count). The molecule has 0 atom stereocenters. The lowest BCUT2D eigenvalue weighted by Crippen LogP contribution is -2.36. The Kier molecular flexibility index (Phi) is 4.52. The largest absolute Gasteiger partial charge is 0.378 e. The van der Waals surface area contributed by atoms with Crippen molar-refractivity contribution < 1.29 is 14.1 Å². The van der Waals surface area contributed by atoms with E-state index in [1.807, 2.05) is 24.3 Å². The van der Waals surface area contributed by atoms with Crippen molar-refractivity contribution in [2.45, 2.75) is 0 Å². The van der Waals surface area contributed by atoms with Gasteiger partial charge in [0.15, 0.2) is 0 Å². The van der Waals surface area contributed by atoms with E-state index in [4.69, 9.17) is 9.26 Å². The highest BCUT2D eigenvalue weighted by Crippen LogP contribution is 2.19. The summed E-state index contributed by atoms with van der Waals surface area (Å²) >= 11 is 0. The molecule has 0 bridgehead atoms. The molecule has 3 heterocycles. The van der Waals surface area contributed by atoms with Crippen LogP contribution in [0.3, 0.4) is 0 Å². The fourth-order valence-electron chi connectivity index (χ4n) is 2.60. The molecule has 0 aliphatic carbocycles. The maximum Gasteiger partial charge on any atom is 0.316 e. The van der Waals surface area contributed by atoms with E-state index in [0.29, 0.717) is 11.4 Å². The fourth-order valence-corrected chi connectivity index (χ4v) is 2.60. The minimum absolute atomic E-state index is 0.136. The van der Waals surface area contributed by atoms with Crippen LogP contribution in [-0.2, 0) is 4.74 Å². The maximum absolute atomic E-state index is 12.3. The van der Waals surface area contributed by atoms with Crippen molar-refractivity contribution in [2.75, 3.05) is 36.5 Å². The van der Waals surface area contributed by atoms with E-state index in [1.165, 1.54) is 18.6 Å². The van der Waals surface area contributed by atoms with Gasteiger partial charge in [0.2, 0.25) is 5.82 Å². The summed E-state index contributed by atoms with van der Waals surface area (Å²) in [5.41, 5.74) is 2.17. The molecule has 132 valence electrons. The van der Waals surface area contributed by atoms with E-state index in [2.05, 4.69) is 30.3 Å². The predicted octanol–water partition coefficient (Wildman–Crippen LogP) is 1.62. The quantitative estimate of drug-likeness (QED) is 0.755. The first-order chi connectivity index (χ1) is 12.8. The minimum Gasteiger partial charge on any atom is -0.378 e. The summed E-state index contributed by atoms with van der Waals surface area (Å²) in [6, 6.07) is 7.59. The number of hydrogen-bond acceptors (Lipinski definition) is 8. The Morgan fingerprint density at radius 3 is 2.65 bits per heavy atom. The zero-order valence-corrected chi connectivity index (χ0v) is 13.8. The molecule has 3 aromatic rings. The van der Waals surface area contributed by atoms with E-state index in [1.54, 1.807) is 0 Å². The van der Waals surface area contributed by atoms with Gasteiger partial charge in [0.1, 0.15) is 5.69 Å². The normalized spacial score (nSPS) is 14.2. The molecule has 2 aromatic heterocycles. The Morgan fingerprint density at radius 2 is 1.92 bits per heavy atom. The van der Waals surface area contributed by atoms with E-state index in [9.17, 15) is 4.79 Å². The van der Waals surface area contributed by atoms with Gasteiger partial charge in [-0.25, -0.2) is 4.98 Å². The van der Waals surface area contributed by atoms with Gasteiger partial charge in [-0.1, -0.05) is 5.16 Å². The van der Waals surface area contributed by atoms with Crippen LogP contribution in [0.2, 0.25) is 0 Å². The van der Waals surface area contributed by atoms with Crippen LogP contribution in [0.5, 0.6) is 0 Å². The lowest BCUT2D eigenvalue weighted by Gasteiger charge is -2.28. The zero-order valence-electron chi connectivity index (χ0n) is 13.8. The average molecular weight is 352 g/mol. The average Bonchev–Trinajstić information content (AvgIpc) is 3.20. The van der Waals surface area contributed by atoms with Gasteiger partial charge in [-0.05, 0) is 24.3 Å². The van der Waals surface area contributed by atoms with Gasteiger partial charge < -0.3 is 19.5 Å². The number of amides is 1. The molecule has 1 saturated heterocycles. The molecular formula is C17H16N6O3. The summed E-state index contributed by atoms with van der Waals surface area (Å²) in [5, 5.41) is 6.50. The van der Waals surface area contributed by atoms with Crippen molar-refractivity contribution in [3.8, 4) is 11.5 Å². The Balaban J connectivity index is 1.42. The van der Waals surface area contributed by atoms with Gasteiger partial charge in [0.25, 0.3) is 0 Å². The molecule has 1 aliphatic heterocycles. The van der Waals surface area contributed by atoms with Crippen LogP contribution in [0.25, 0.3) is 11.5 Å². The fraction of sp³-hybridized carbons (Fsp3) is 0.235. The lowest BCUT2D eigenvalue weighted by atomic mass is 10.2. The van der Waals surface area contributed by atoms with Gasteiger partial charge in [-0.3, -0.25) is 9.78 Å². The molecule has 1 N–H and O–H groups in total. The standard InChI is InChI=1S/C17H16N6O3/c24-16(17-21-15(22-26-17)14-11-18-5-6-19-14)20-12-1-3-13(4-2-12)23-7-9-25-10-8-23/h1-6,11H,7-10H2,(H,20,24). The molecule has 1 fully saturated rings. The number of nitrogens with one attached hydrogen (secondary N) is 1. The Morgan fingerprint density at radius 1 is 1.12 bits per heavy atom. The van der Waals surface area contributed by atoms with E-state index < -0.39 is 5.91 Å². The Labute approximate surface area is 149 Å². The third kappa shape index (κ3) is 3.52. The molecule has 0 radical (unpaired) electrons. The third-order valence-electron chi connectivity index (χ3n) is 3.91. The van der Waals surface area contributed by atoms with Crippen LogP contribution < -0.4 is 10.2 Å². The van der Waals surface area contributed by atoms with Crippen molar-refractivity contribution in [3.05, 3.63) is 48.7 Å². The Hall–Kier alpha value is -3.33. The number of hydrogen-bond donors (Lipinski definition) is 1. The SMILES string of the molecule is O=C(Nc1ccc(N2CCOCC2)cc1)c1nc(-c2cnccn2)no1. The predicted molar refractivity (Wildman–Crippen MR) is 92.8 cm³/mol. The van der Waals surface area contributed by atoms with E-state index in [0.717, 1.165) is 32.0 Å². The van der Waals surface area contributed by atoms with Crippen molar-refractivity contribution in [1.29, 1.82) is 0 Å². The zero-order chi connectivity index (χ0) is 17.8. The number of benzene rings is 1. The van der Waals surface area contributed by atoms with Gasteiger partial charge >= 0.3 is 11.8 Å². The van der Waals surface area contributed by atoms with Crippen molar-refractivity contribution >= 4 is 17.3 Å². The summed E-state index contributed by atoms with van der Waals surface area (Å²) < 4.78 is 10.4. The number of carbonyl (C=O) groups excluding carboxylic acids is 1.